The normalized spacial score (nSPS) is 21.3. The summed E-state index contributed by atoms with van der Waals surface area (Å²) >= 11 is 0. The Morgan fingerprint density at radius 2 is 1.52 bits per heavy atom. The number of piperidine rings is 1. The number of hydrogen-bond acceptors (Lipinski definition) is 5. The summed E-state index contributed by atoms with van der Waals surface area (Å²) in [6, 6.07) is 13.2. The minimum Gasteiger partial charge on any atom is -0.493 e. The summed E-state index contributed by atoms with van der Waals surface area (Å²) < 4.78 is 10.9. The molecule has 1 amide bonds. The number of hydrogen-bond donors (Lipinski definition) is 2. The summed E-state index contributed by atoms with van der Waals surface area (Å²) in [5.74, 6) is 1.81. The third kappa shape index (κ3) is 5.38. The number of carbonyl (C=O) groups excluding carboxylic acids is 2. The van der Waals surface area contributed by atoms with Crippen LogP contribution in [0.2, 0.25) is 0 Å². The summed E-state index contributed by atoms with van der Waals surface area (Å²) in [6.07, 6.45) is 5.94. The Bertz CT molecular complexity index is 967. The predicted molar refractivity (Wildman–Crippen MR) is 128 cm³/mol. The molecule has 2 aromatic carbocycles. The van der Waals surface area contributed by atoms with Gasteiger partial charge in [-0.25, -0.2) is 0 Å². The quantitative estimate of drug-likeness (QED) is 0.614. The summed E-state index contributed by atoms with van der Waals surface area (Å²) in [5, 5.41) is 6.55. The van der Waals surface area contributed by atoms with E-state index in [4.69, 9.17) is 9.47 Å². The average molecular weight is 451 g/mol. The number of carbonyl (C=O) groups is 2. The van der Waals surface area contributed by atoms with Gasteiger partial charge in [-0.2, -0.15) is 0 Å². The Hall–Kier alpha value is -2.86. The molecule has 2 N–H and O–H groups in total. The van der Waals surface area contributed by atoms with Crippen LogP contribution in [0.25, 0.3) is 0 Å². The van der Waals surface area contributed by atoms with Crippen LogP contribution >= 0.6 is 0 Å². The number of amides is 1. The smallest absolute Gasteiger partial charge is 0.251 e. The molecule has 0 radical (unpaired) electrons. The van der Waals surface area contributed by atoms with E-state index in [2.05, 4.69) is 16.7 Å². The molecule has 0 aromatic heterocycles. The Labute approximate surface area is 196 Å². The minimum absolute atomic E-state index is 0.0559. The van der Waals surface area contributed by atoms with Gasteiger partial charge in [0, 0.05) is 29.0 Å². The van der Waals surface area contributed by atoms with Gasteiger partial charge in [0.15, 0.2) is 17.3 Å². The maximum atomic E-state index is 13.0. The molecule has 2 aliphatic rings. The van der Waals surface area contributed by atoms with Gasteiger partial charge in [0.1, 0.15) is 0 Å². The summed E-state index contributed by atoms with van der Waals surface area (Å²) in [6.45, 7) is 1.78. The molecular formula is C27H34N2O4. The molecule has 1 heterocycles. The van der Waals surface area contributed by atoms with Crippen LogP contribution in [0.15, 0.2) is 42.5 Å². The monoisotopic (exact) mass is 450 g/mol. The lowest BCUT2D eigenvalue weighted by Gasteiger charge is -2.33. The van der Waals surface area contributed by atoms with Crippen molar-refractivity contribution in [1.29, 1.82) is 0 Å². The Morgan fingerprint density at radius 3 is 2.21 bits per heavy atom. The van der Waals surface area contributed by atoms with Crippen LogP contribution in [0.4, 0.5) is 0 Å². The highest BCUT2D eigenvalue weighted by Gasteiger charge is 2.29. The molecule has 6 heteroatoms. The number of rotatable bonds is 7. The fourth-order valence-corrected chi connectivity index (χ4v) is 5.14. The van der Waals surface area contributed by atoms with E-state index in [1.807, 2.05) is 12.1 Å². The van der Waals surface area contributed by atoms with Gasteiger partial charge in [-0.3, -0.25) is 9.59 Å². The van der Waals surface area contributed by atoms with Crippen molar-refractivity contribution >= 4 is 11.7 Å². The molecule has 0 bridgehead atoms. The molecule has 176 valence electrons. The summed E-state index contributed by atoms with van der Waals surface area (Å²) in [4.78, 5) is 25.8. The molecule has 1 saturated heterocycles. The zero-order valence-corrected chi connectivity index (χ0v) is 19.6. The number of benzene rings is 2. The topological polar surface area (TPSA) is 76.7 Å². The Morgan fingerprint density at radius 1 is 0.848 bits per heavy atom. The number of ether oxygens (including phenoxy) is 2. The van der Waals surface area contributed by atoms with Crippen LogP contribution in [-0.4, -0.2) is 45.0 Å². The van der Waals surface area contributed by atoms with Gasteiger partial charge < -0.3 is 20.1 Å². The molecule has 33 heavy (non-hydrogen) atoms. The maximum absolute atomic E-state index is 13.0. The van der Waals surface area contributed by atoms with Gasteiger partial charge in [0.2, 0.25) is 0 Å². The second-order valence-electron chi connectivity index (χ2n) is 9.05. The number of ketones is 1. The van der Waals surface area contributed by atoms with Gasteiger partial charge >= 0.3 is 0 Å². The lowest BCUT2D eigenvalue weighted by molar-refractivity contribution is 0.0890. The molecule has 2 atom stereocenters. The van der Waals surface area contributed by atoms with Gasteiger partial charge in [0.05, 0.1) is 14.2 Å². The van der Waals surface area contributed by atoms with Crippen molar-refractivity contribution in [3.05, 3.63) is 59.2 Å². The third-order valence-electron chi connectivity index (χ3n) is 7.06. The average Bonchev–Trinajstić information content (AvgIpc) is 2.88. The first-order valence-electron chi connectivity index (χ1n) is 12.0. The van der Waals surface area contributed by atoms with Crippen LogP contribution in [0.5, 0.6) is 11.5 Å². The Balaban J connectivity index is 1.44. The lowest BCUT2D eigenvalue weighted by atomic mass is 9.79. The zero-order chi connectivity index (χ0) is 23.2. The van der Waals surface area contributed by atoms with E-state index in [1.165, 1.54) is 0 Å². The van der Waals surface area contributed by atoms with Crippen LogP contribution < -0.4 is 20.1 Å². The first-order chi connectivity index (χ1) is 16.1. The van der Waals surface area contributed by atoms with E-state index in [1.54, 1.807) is 38.5 Å². The number of Topliss-reactive ketones (excluding diaryl/α,β-unsaturated/α-hetero) is 1. The van der Waals surface area contributed by atoms with Crippen molar-refractivity contribution in [3.8, 4) is 11.5 Å². The SMILES string of the molecule is COc1ccc(C2CCCCC2NC(=O)c2ccc(C(=O)C3CCNCC3)cc2)cc1OC. The second-order valence-corrected chi connectivity index (χ2v) is 9.05. The highest BCUT2D eigenvalue weighted by Crippen LogP contribution is 2.37. The van der Waals surface area contributed by atoms with Crippen molar-refractivity contribution in [2.24, 2.45) is 5.92 Å². The van der Waals surface area contributed by atoms with Crippen molar-refractivity contribution in [1.82, 2.24) is 10.6 Å². The lowest BCUT2D eigenvalue weighted by Crippen LogP contribution is -2.41. The molecule has 1 saturated carbocycles. The summed E-state index contributed by atoms with van der Waals surface area (Å²) in [5.41, 5.74) is 2.44. The molecule has 6 nitrogen and oxygen atoms in total. The van der Waals surface area contributed by atoms with Gasteiger partial charge in [-0.15, -0.1) is 0 Å². The number of nitrogens with one attached hydrogen (secondary N) is 2. The summed E-state index contributed by atoms with van der Waals surface area (Å²) in [7, 11) is 3.27. The molecular weight excluding hydrogens is 416 g/mol. The highest BCUT2D eigenvalue weighted by molar-refractivity contribution is 6.00. The first-order valence-corrected chi connectivity index (χ1v) is 12.0. The second kappa shape index (κ2) is 10.8. The van der Waals surface area contributed by atoms with Crippen LogP contribution in [0, 0.1) is 5.92 Å². The largest absolute Gasteiger partial charge is 0.493 e. The van der Waals surface area contributed by atoms with Gasteiger partial charge in [-0.1, -0.05) is 31.0 Å². The fourth-order valence-electron chi connectivity index (χ4n) is 5.14. The van der Waals surface area contributed by atoms with E-state index >= 15 is 0 Å². The van der Waals surface area contributed by atoms with Crippen molar-refractivity contribution in [2.75, 3.05) is 27.3 Å². The van der Waals surface area contributed by atoms with Crippen LogP contribution in [0.1, 0.15) is 70.7 Å². The molecule has 2 fully saturated rings. The third-order valence-corrected chi connectivity index (χ3v) is 7.06. The first kappa shape index (κ1) is 23.3. The van der Waals surface area contributed by atoms with Crippen molar-refractivity contribution in [3.63, 3.8) is 0 Å². The maximum Gasteiger partial charge on any atom is 0.251 e. The van der Waals surface area contributed by atoms with Crippen molar-refractivity contribution < 1.29 is 19.1 Å². The van der Waals surface area contributed by atoms with E-state index in [0.29, 0.717) is 22.6 Å². The van der Waals surface area contributed by atoms with Gasteiger partial charge in [0.25, 0.3) is 5.91 Å². The van der Waals surface area contributed by atoms with E-state index in [0.717, 1.165) is 57.2 Å². The highest BCUT2D eigenvalue weighted by atomic mass is 16.5. The van der Waals surface area contributed by atoms with E-state index < -0.39 is 0 Å². The Kier molecular flexibility index (Phi) is 7.65. The molecule has 2 unspecified atom stereocenters. The predicted octanol–water partition coefficient (Wildman–Crippen LogP) is 4.34. The van der Waals surface area contributed by atoms with E-state index in [-0.39, 0.29) is 29.6 Å². The van der Waals surface area contributed by atoms with Crippen LogP contribution in [-0.2, 0) is 0 Å². The molecule has 1 aliphatic heterocycles. The fraction of sp³-hybridized carbons (Fsp3) is 0.481. The molecule has 4 rings (SSSR count). The van der Waals surface area contributed by atoms with Crippen LogP contribution in [0.3, 0.4) is 0 Å². The van der Waals surface area contributed by atoms with Gasteiger partial charge in [-0.05, 0) is 68.6 Å². The molecule has 0 spiro atoms. The standard InChI is InChI=1S/C27H34N2O4/c1-32-24-12-11-21(17-25(24)33-2)22-5-3-4-6-23(22)29-27(31)20-9-7-18(8-10-20)26(30)19-13-15-28-16-14-19/h7-12,17,19,22-23,28H,3-6,13-16H2,1-2H3,(H,29,31). The zero-order valence-electron chi connectivity index (χ0n) is 19.6. The molecule has 2 aromatic rings. The minimum atomic E-state index is -0.0896. The number of methoxy groups -OCH3 is 2. The van der Waals surface area contributed by atoms with E-state index in [9.17, 15) is 9.59 Å². The molecule has 1 aliphatic carbocycles. The van der Waals surface area contributed by atoms with Crippen molar-refractivity contribution in [2.45, 2.75) is 50.5 Å².